The van der Waals surface area contributed by atoms with Crippen LogP contribution in [-0.2, 0) is 16.1 Å². The highest BCUT2D eigenvalue weighted by Crippen LogP contribution is 2.17. The SMILES string of the molecule is COc1ccc(CN2C(=O)N[C@H](CCC(=O)NC(C)C)C2=O)cc1. The third-order valence-electron chi connectivity index (χ3n) is 3.72. The molecule has 1 fully saturated rings. The topological polar surface area (TPSA) is 87.7 Å². The molecule has 1 atom stereocenters. The number of amides is 4. The Morgan fingerprint density at radius 3 is 2.54 bits per heavy atom. The van der Waals surface area contributed by atoms with E-state index in [9.17, 15) is 14.4 Å². The average molecular weight is 333 g/mol. The van der Waals surface area contributed by atoms with E-state index in [4.69, 9.17) is 4.74 Å². The van der Waals surface area contributed by atoms with E-state index in [0.29, 0.717) is 12.2 Å². The van der Waals surface area contributed by atoms with Crippen molar-refractivity contribution in [3.05, 3.63) is 29.8 Å². The molecule has 7 nitrogen and oxygen atoms in total. The summed E-state index contributed by atoms with van der Waals surface area (Å²) in [5.41, 5.74) is 0.831. The van der Waals surface area contributed by atoms with Crippen LogP contribution in [0.25, 0.3) is 0 Å². The van der Waals surface area contributed by atoms with Crippen molar-refractivity contribution >= 4 is 17.8 Å². The summed E-state index contributed by atoms with van der Waals surface area (Å²) in [6.45, 7) is 3.94. The maximum Gasteiger partial charge on any atom is 0.325 e. The molecule has 2 rings (SSSR count). The third kappa shape index (κ3) is 4.47. The molecule has 1 heterocycles. The molecule has 130 valence electrons. The van der Waals surface area contributed by atoms with Gasteiger partial charge in [-0.1, -0.05) is 12.1 Å². The number of nitrogens with one attached hydrogen (secondary N) is 2. The number of carbonyl (C=O) groups is 3. The minimum Gasteiger partial charge on any atom is -0.497 e. The molecule has 1 aliphatic rings. The zero-order valence-corrected chi connectivity index (χ0v) is 14.2. The summed E-state index contributed by atoms with van der Waals surface area (Å²) >= 11 is 0. The Bertz CT molecular complexity index is 613. The zero-order valence-electron chi connectivity index (χ0n) is 14.2. The Morgan fingerprint density at radius 1 is 1.29 bits per heavy atom. The third-order valence-corrected chi connectivity index (χ3v) is 3.72. The number of imide groups is 1. The molecule has 0 unspecified atom stereocenters. The molecule has 0 radical (unpaired) electrons. The summed E-state index contributed by atoms with van der Waals surface area (Å²) < 4.78 is 5.08. The Kier molecular flexibility index (Phi) is 5.78. The monoisotopic (exact) mass is 333 g/mol. The molecule has 0 spiro atoms. The van der Waals surface area contributed by atoms with Crippen LogP contribution in [0.1, 0.15) is 32.3 Å². The molecule has 4 amide bonds. The molecule has 1 aromatic rings. The highest BCUT2D eigenvalue weighted by Gasteiger charge is 2.37. The van der Waals surface area contributed by atoms with Crippen molar-refractivity contribution in [2.75, 3.05) is 7.11 Å². The van der Waals surface area contributed by atoms with E-state index in [1.807, 2.05) is 26.0 Å². The first kappa shape index (κ1) is 17.8. The number of rotatable bonds is 7. The highest BCUT2D eigenvalue weighted by atomic mass is 16.5. The van der Waals surface area contributed by atoms with E-state index < -0.39 is 12.1 Å². The molecule has 0 bridgehead atoms. The van der Waals surface area contributed by atoms with E-state index in [-0.39, 0.29) is 30.8 Å². The highest BCUT2D eigenvalue weighted by molar-refractivity contribution is 6.04. The van der Waals surface area contributed by atoms with Gasteiger partial charge in [-0.05, 0) is 38.0 Å². The number of carbonyl (C=O) groups excluding carboxylic acids is 3. The fourth-order valence-electron chi connectivity index (χ4n) is 2.51. The van der Waals surface area contributed by atoms with Crippen LogP contribution in [0.4, 0.5) is 4.79 Å². The number of benzene rings is 1. The number of nitrogens with zero attached hydrogens (tertiary/aromatic N) is 1. The van der Waals surface area contributed by atoms with Crippen LogP contribution in [0.15, 0.2) is 24.3 Å². The van der Waals surface area contributed by atoms with Gasteiger partial charge in [0.15, 0.2) is 0 Å². The molecule has 1 aromatic carbocycles. The van der Waals surface area contributed by atoms with E-state index in [1.54, 1.807) is 19.2 Å². The number of methoxy groups -OCH3 is 1. The van der Waals surface area contributed by atoms with Crippen molar-refractivity contribution in [2.24, 2.45) is 0 Å². The van der Waals surface area contributed by atoms with Crippen molar-refractivity contribution in [1.29, 1.82) is 0 Å². The molecule has 24 heavy (non-hydrogen) atoms. The van der Waals surface area contributed by atoms with Gasteiger partial charge in [0.1, 0.15) is 11.8 Å². The van der Waals surface area contributed by atoms with Crippen LogP contribution >= 0.6 is 0 Å². The summed E-state index contributed by atoms with van der Waals surface area (Å²) in [6.07, 6.45) is 0.494. The molecule has 0 saturated carbocycles. The summed E-state index contributed by atoms with van der Waals surface area (Å²) in [7, 11) is 1.58. The van der Waals surface area contributed by atoms with Gasteiger partial charge in [-0.15, -0.1) is 0 Å². The first-order valence-corrected chi connectivity index (χ1v) is 7.95. The fraction of sp³-hybridized carbons (Fsp3) is 0.471. The normalized spacial score (nSPS) is 17.2. The minimum atomic E-state index is -0.645. The van der Waals surface area contributed by atoms with Crippen LogP contribution in [0.3, 0.4) is 0 Å². The van der Waals surface area contributed by atoms with Gasteiger partial charge in [-0.25, -0.2) is 4.79 Å². The van der Waals surface area contributed by atoms with E-state index in [1.165, 1.54) is 4.90 Å². The quantitative estimate of drug-likeness (QED) is 0.739. The maximum absolute atomic E-state index is 12.4. The molecule has 0 aliphatic carbocycles. The molecule has 2 N–H and O–H groups in total. The largest absolute Gasteiger partial charge is 0.497 e. The molecule has 0 aromatic heterocycles. The Labute approximate surface area is 141 Å². The fourth-order valence-corrected chi connectivity index (χ4v) is 2.51. The zero-order chi connectivity index (χ0) is 17.7. The van der Waals surface area contributed by atoms with Gasteiger partial charge in [0.05, 0.1) is 13.7 Å². The lowest BCUT2D eigenvalue weighted by Gasteiger charge is -2.13. The van der Waals surface area contributed by atoms with Crippen LogP contribution in [-0.4, -0.2) is 41.9 Å². The van der Waals surface area contributed by atoms with Crippen molar-refractivity contribution in [1.82, 2.24) is 15.5 Å². The van der Waals surface area contributed by atoms with Gasteiger partial charge in [0.25, 0.3) is 5.91 Å². The van der Waals surface area contributed by atoms with Gasteiger partial charge in [-0.3, -0.25) is 14.5 Å². The Morgan fingerprint density at radius 2 is 1.96 bits per heavy atom. The second kappa shape index (κ2) is 7.81. The van der Waals surface area contributed by atoms with Crippen LogP contribution in [0.5, 0.6) is 5.75 Å². The van der Waals surface area contributed by atoms with Crippen molar-refractivity contribution in [2.45, 2.75) is 45.3 Å². The van der Waals surface area contributed by atoms with Gasteiger partial charge >= 0.3 is 6.03 Å². The first-order valence-electron chi connectivity index (χ1n) is 7.95. The maximum atomic E-state index is 12.4. The van der Waals surface area contributed by atoms with Gasteiger partial charge in [-0.2, -0.15) is 0 Å². The van der Waals surface area contributed by atoms with Gasteiger partial charge in [0.2, 0.25) is 5.91 Å². The molecular weight excluding hydrogens is 310 g/mol. The lowest BCUT2D eigenvalue weighted by atomic mass is 10.1. The molecule has 1 aliphatic heterocycles. The van der Waals surface area contributed by atoms with E-state index in [2.05, 4.69) is 10.6 Å². The lowest BCUT2D eigenvalue weighted by molar-refractivity contribution is -0.128. The lowest BCUT2D eigenvalue weighted by Crippen LogP contribution is -2.34. The van der Waals surface area contributed by atoms with Gasteiger partial charge in [0, 0.05) is 12.5 Å². The Balaban J connectivity index is 1.91. The second-order valence-electron chi connectivity index (χ2n) is 6.04. The van der Waals surface area contributed by atoms with E-state index >= 15 is 0 Å². The summed E-state index contributed by atoms with van der Waals surface area (Å²) in [4.78, 5) is 37.2. The molecule has 7 heteroatoms. The average Bonchev–Trinajstić information content (AvgIpc) is 2.80. The van der Waals surface area contributed by atoms with Crippen LogP contribution < -0.4 is 15.4 Å². The summed E-state index contributed by atoms with van der Waals surface area (Å²) in [5, 5.41) is 5.40. The number of hydrogen-bond donors (Lipinski definition) is 2. The second-order valence-corrected chi connectivity index (χ2v) is 6.04. The minimum absolute atomic E-state index is 0.0536. The predicted molar refractivity (Wildman–Crippen MR) is 88.4 cm³/mol. The number of urea groups is 1. The summed E-state index contributed by atoms with van der Waals surface area (Å²) in [5.74, 6) is 0.291. The number of ether oxygens (including phenoxy) is 1. The molecular formula is C17H23N3O4. The Hall–Kier alpha value is -2.57. The van der Waals surface area contributed by atoms with Crippen molar-refractivity contribution in [3.63, 3.8) is 0 Å². The molecule has 1 saturated heterocycles. The van der Waals surface area contributed by atoms with Gasteiger partial charge < -0.3 is 15.4 Å². The predicted octanol–water partition coefficient (Wildman–Crippen LogP) is 1.42. The smallest absolute Gasteiger partial charge is 0.325 e. The summed E-state index contributed by atoms with van der Waals surface area (Å²) in [6, 6.07) is 6.16. The number of hydrogen-bond acceptors (Lipinski definition) is 4. The van der Waals surface area contributed by atoms with E-state index in [0.717, 1.165) is 5.56 Å². The first-order chi connectivity index (χ1) is 11.4. The van der Waals surface area contributed by atoms with Crippen LogP contribution in [0.2, 0.25) is 0 Å². The van der Waals surface area contributed by atoms with Crippen LogP contribution in [0, 0.1) is 0 Å². The standard InChI is InChI=1S/C17H23N3O4/c1-11(2)18-15(21)9-8-14-16(22)20(17(23)19-14)10-12-4-6-13(24-3)7-5-12/h4-7,11,14H,8-10H2,1-3H3,(H,18,21)(H,19,23)/t14-/m1/s1. The van der Waals surface area contributed by atoms with Crippen molar-refractivity contribution in [3.8, 4) is 5.75 Å². The van der Waals surface area contributed by atoms with Crippen molar-refractivity contribution < 1.29 is 19.1 Å².